The Kier molecular flexibility index (Phi) is 8.94. The predicted molar refractivity (Wildman–Crippen MR) is 176 cm³/mol. The molecule has 3 aromatic carbocycles. The van der Waals surface area contributed by atoms with Crippen LogP contribution in [0.5, 0.6) is 0 Å². The minimum Gasteiger partial charge on any atom is -0.342 e. The molecule has 3 fully saturated rings. The van der Waals surface area contributed by atoms with Crippen LogP contribution in [-0.2, 0) is 24.4 Å². The topological polar surface area (TPSA) is 48.5 Å². The summed E-state index contributed by atoms with van der Waals surface area (Å²) in [6, 6.07) is 17.6. The number of fused-ring (bicyclic) bond motifs is 1. The van der Waals surface area contributed by atoms with Crippen molar-refractivity contribution in [3.63, 3.8) is 0 Å². The van der Waals surface area contributed by atoms with Gasteiger partial charge in [0.1, 0.15) is 0 Å². The van der Waals surface area contributed by atoms with Gasteiger partial charge in [-0.15, -0.1) is 0 Å². The molecule has 2 aliphatic heterocycles. The summed E-state index contributed by atoms with van der Waals surface area (Å²) in [5.74, 6) is -0.570. The third-order valence-corrected chi connectivity index (χ3v) is 10.4. The van der Waals surface area contributed by atoms with Crippen molar-refractivity contribution in [1.82, 2.24) is 20.1 Å². The number of carbonyl (C=O) groups is 1. The molecular formula is C38H38F6N4O. The molecule has 3 aliphatic rings. The Bertz CT molecular complexity index is 1820. The second-order valence-electron chi connectivity index (χ2n) is 13.6. The first-order valence-electron chi connectivity index (χ1n) is 17.0. The Morgan fingerprint density at radius 2 is 1.47 bits per heavy atom. The van der Waals surface area contributed by atoms with Crippen molar-refractivity contribution in [3.8, 4) is 11.3 Å². The van der Waals surface area contributed by atoms with Crippen LogP contribution >= 0.6 is 0 Å². The highest BCUT2D eigenvalue weighted by Gasteiger charge is 2.46. The molecular weight excluding hydrogens is 642 g/mol. The Morgan fingerprint density at radius 1 is 0.796 bits per heavy atom. The van der Waals surface area contributed by atoms with Gasteiger partial charge in [-0.2, -0.15) is 26.3 Å². The Labute approximate surface area is 281 Å². The highest BCUT2D eigenvalue weighted by atomic mass is 19.4. The molecule has 2 saturated heterocycles. The van der Waals surface area contributed by atoms with E-state index >= 15 is 0 Å². The number of benzene rings is 3. The monoisotopic (exact) mass is 680 g/mol. The van der Waals surface area contributed by atoms with Crippen LogP contribution in [0, 0.1) is 0 Å². The van der Waals surface area contributed by atoms with E-state index in [0.717, 1.165) is 55.8 Å². The summed E-state index contributed by atoms with van der Waals surface area (Å²) in [4.78, 5) is 23.9. The second kappa shape index (κ2) is 13.1. The molecule has 5 nitrogen and oxygen atoms in total. The predicted octanol–water partition coefficient (Wildman–Crippen LogP) is 8.81. The molecule has 7 rings (SSSR count). The summed E-state index contributed by atoms with van der Waals surface area (Å²) in [5.41, 5.74) is -0.859. The highest BCUT2D eigenvalue weighted by molar-refractivity contribution is 6.09. The second-order valence-corrected chi connectivity index (χ2v) is 13.6. The zero-order valence-corrected chi connectivity index (χ0v) is 27.0. The summed E-state index contributed by atoms with van der Waals surface area (Å²) >= 11 is 0. The molecule has 0 atom stereocenters. The fourth-order valence-corrected chi connectivity index (χ4v) is 7.57. The van der Waals surface area contributed by atoms with Gasteiger partial charge >= 0.3 is 12.4 Å². The normalized spacial score (nSPS) is 19.2. The molecule has 4 aromatic rings. The minimum atomic E-state index is -4.68. The third kappa shape index (κ3) is 7.05. The van der Waals surface area contributed by atoms with Gasteiger partial charge in [-0.3, -0.25) is 9.69 Å². The van der Waals surface area contributed by atoms with E-state index in [9.17, 15) is 31.1 Å². The van der Waals surface area contributed by atoms with E-state index in [0.29, 0.717) is 37.5 Å². The number of pyridine rings is 1. The Hall–Kier alpha value is -3.96. The van der Waals surface area contributed by atoms with E-state index in [1.807, 2.05) is 30.3 Å². The fraction of sp³-hybridized carbons (Fsp3) is 0.421. The van der Waals surface area contributed by atoms with Crippen molar-refractivity contribution in [1.29, 1.82) is 0 Å². The molecule has 0 unspecified atom stereocenters. The van der Waals surface area contributed by atoms with Gasteiger partial charge < -0.3 is 10.2 Å². The number of hydrogen-bond donors (Lipinski definition) is 1. The van der Waals surface area contributed by atoms with Gasteiger partial charge in [0.2, 0.25) is 0 Å². The quantitative estimate of drug-likeness (QED) is 0.198. The van der Waals surface area contributed by atoms with E-state index in [2.05, 4.69) is 15.1 Å². The number of piperidine rings is 2. The first-order valence-corrected chi connectivity index (χ1v) is 17.0. The van der Waals surface area contributed by atoms with Gasteiger partial charge in [-0.05, 0) is 101 Å². The van der Waals surface area contributed by atoms with Crippen LogP contribution in [-0.4, -0.2) is 52.9 Å². The van der Waals surface area contributed by atoms with Gasteiger partial charge in [0.15, 0.2) is 0 Å². The molecule has 258 valence electrons. The number of carbonyl (C=O) groups excluding carboxylic acids is 1. The fourth-order valence-electron chi connectivity index (χ4n) is 7.57. The minimum absolute atomic E-state index is 0.0175. The number of aromatic nitrogens is 1. The maximum Gasteiger partial charge on any atom is 0.416 e. The molecule has 49 heavy (non-hydrogen) atoms. The third-order valence-electron chi connectivity index (χ3n) is 10.4. The molecule has 0 bridgehead atoms. The molecule has 1 aromatic heterocycles. The number of nitrogens with one attached hydrogen (secondary N) is 1. The number of amides is 1. The Morgan fingerprint density at radius 3 is 2.12 bits per heavy atom. The number of halogens is 6. The lowest BCUT2D eigenvalue weighted by Crippen LogP contribution is -2.46. The van der Waals surface area contributed by atoms with Gasteiger partial charge in [-0.1, -0.05) is 48.9 Å². The van der Waals surface area contributed by atoms with Crippen LogP contribution in [0.2, 0.25) is 0 Å². The van der Waals surface area contributed by atoms with E-state index in [1.165, 1.54) is 37.5 Å². The number of hydrogen-bond acceptors (Lipinski definition) is 4. The summed E-state index contributed by atoms with van der Waals surface area (Å²) in [6.07, 6.45) is -2.65. The first-order chi connectivity index (χ1) is 23.4. The molecule has 1 N–H and O–H groups in total. The molecule has 0 spiro atoms. The summed E-state index contributed by atoms with van der Waals surface area (Å²) in [5, 5.41) is 3.16. The first kappa shape index (κ1) is 33.5. The standard InChI is InChI=1S/C38H38F6N4O/c39-37(40,41)27-11-7-8-25(22-27)34-31(24-47-20-14-29(15-21-47)48-18-5-2-6-19-48)33(30-23-28(38(42,43)44)12-13-32(30)45-34)35(49)46-36(16-17-36)26-9-3-1-4-10-26/h1,3-4,7-13,22-23,29H,2,5-6,14-21,24H2,(H,46,49). The maximum atomic E-state index is 14.6. The van der Waals surface area contributed by atoms with Gasteiger partial charge in [0.05, 0.1) is 33.4 Å². The molecule has 3 heterocycles. The largest absolute Gasteiger partial charge is 0.416 e. The van der Waals surface area contributed by atoms with Crippen molar-refractivity contribution in [2.75, 3.05) is 26.2 Å². The molecule has 11 heteroatoms. The van der Waals surface area contributed by atoms with Crippen molar-refractivity contribution in [2.45, 2.75) is 75.4 Å². The molecule has 1 amide bonds. The van der Waals surface area contributed by atoms with Gasteiger partial charge in [-0.25, -0.2) is 4.98 Å². The number of rotatable bonds is 7. The lowest BCUT2D eigenvalue weighted by atomic mass is 9.92. The van der Waals surface area contributed by atoms with E-state index in [-0.39, 0.29) is 34.3 Å². The van der Waals surface area contributed by atoms with Crippen molar-refractivity contribution in [2.24, 2.45) is 0 Å². The maximum absolute atomic E-state index is 14.6. The molecule has 1 saturated carbocycles. The number of nitrogens with zero attached hydrogens (tertiary/aromatic N) is 3. The lowest BCUT2D eigenvalue weighted by Gasteiger charge is -2.40. The van der Waals surface area contributed by atoms with Crippen molar-refractivity contribution < 1.29 is 31.1 Å². The Balaban J connectivity index is 1.35. The van der Waals surface area contributed by atoms with E-state index in [4.69, 9.17) is 4.98 Å². The van der Waals surface area contributed by atoms with Gasteiger partial charge in [0, 0.05) is 29.1 Å². The number of alkyl halides is 6. The van der Waals surface area contributed by atoms with Crippen LogP contribution in [0.15, 0.2) is 72.8 Å². The summed E-state index contributed by atoms with van der Waals surface area (Å²) in [6.45, 7) is 3.64. The average molecular weight is 681 g/mol. The molecule has 0 radical (unpaired) electrons. The van der Waals surface area contributed by atoms with Crippen molar-refractivity contribution >= 4 is 16.8 Å². The van der Waals surface area contributed by atoms with Crippen LogP contribution in [0.4, 0.5) is 26.3 Å². The number of likely N-dealkylation sites (tertiary alicyclic amines) is 2. The van der Waals surface area contributed by atoms with Crippen LogP contribution in [0.25, 0.3) is 22.2 Å². The zero-order chi connectivity index (χ0) is 34.4. The average Bonchev–Trinajstić information content (AvgIpc) is 3.88. The molecule has 1 aliphatic carbocycles. The lowest BCUT2D eigenvalue weighted by molar-refractivity contribution is -0.138. The van der Waals surface area contributed by atoms with Crippen molar-refractivity contribution in [3.05, 3.63) is 101 Å². The van der Waals surface area contributed by atoms with Crippen LogP contribution < -0.4 is 5.32 Å². The van der Waals surface area contributed by atoms with Crippen LogP contribution in [0.3, 0.4) is 0 Å². The van der Waals surface area contributed by atoms with Gasteiger partial charge in [0.25, 0.3) is 5.91 Å². The summed E-state index contributed by atoms with van der Waals surface area (Å²) in [7, 11) is 0. The SMILES string of the molecule is O=C(NC1(c2ccccc2)CC1)c1c(CN2CCC(N3CCCCC3)CC2)c(-c2cccc(C(F)(F)F)c2)nc2ccc(C(F)(F)F)cc12. The van der Waals surface area contributed by atoms with Crippen LogP contribution in [0.1, 0.15) is 77.6 Å². The van der Waals surface area contributed by atoms with E-state index in [1.54, 1.807) is 0 Å². The smallest absolute Gasteiger partial charge is 0.342 e. The zero-order valence-electron chi connectivity index (χ0n) is 27.0. The summed E-state index contributed by atoms with van der Waals surface area (Å²) < 4.78 is 84.0. The highest BCUT2D eigenvalue weighted by Crippen LogP contribution is 2.46. The van der Waals surface area contributed by atoms with E-state index < -0.39 is 34.9 Å².